The van der Waals surface area contributed by atoms with E-state index in [1.165, 1.54) is 5.57 Å². The van der Waals surface area contributed by atoms with E-state index in [-0.39, 0.29) is 0 Å². The number of para-hydroxylation sites is 1. The van der Waals surface area contributed by atoms with Crippen molar-refractivity contribution in [3.8, 4) is 5.69 Å². The van der Waals surface area contributed by atoms with Gasteiger partial charge in [0, 0.05) is 5.56 Å². The van der Waals surface area contributed by atoms with Crippen LogP contribution in [0.4, 0.5) is 0 Å². The Hall–Kier alpha value is -1.90. The zero-order chi connectivity index (χ0) is 10.7. The van der Waals surface area contributed by atoms with Crippen molar-refractivity contribution < 1.29 is 0 Å². The maximum atomic E-state index is 4.13. The van der Waals surface area contributed by atoms with Crippen LogP contribution < -0.4 is 0 Å². The van der Waals surface area contributed by atoms with Gasteiger partial charge in [-0.15, -0.1) is 0 Å². The Morgan fingerprint density at radius 3 is 2.73 bits per heavy atom. The Balaban J connectivity index is 2.52. The van der Waals surface area contributed by atoms with E-state index in [1.807, 2.05) is 18.2 Å². The van der Waals surface area contributed by atoms with Crippen molar-refractivity contribution in [1.29, 1.82) is 0 Å². The van der Waals surface area contributed by atoms with Crippen molar-refractivity contribution >= 4 is 6.08 Å². The van der Waals surface area contributed by atoms with Crippen molar-refractivity contribution in [3.63, 3.8) is 0 Å². The molecule has 3 heteroatoms. The second-order valence-corrected chi connectivity index (χ2v) is 3.62. The molecule has 0 aliphatic heterocycles. The average Bonchev–Trinajstić information content (AvgIpc) is 2.70. The lowest BCUT2D eigenvalue weighted by atomic mass is 10.1. The highest BCUT2D eigenvalue weighted by Gasteiger charge is 2.01. The third kappa shape index (κ3) is 2.13. The number of hydrogen-bond donors (Lipinski definition) is 0. The second-order valence-electron chi connectivity index (χ2n) is 3.62. The van der Waals surface area contributed by atoms with Gasteiger partial charge in [-0.3, -0.25) is 0 Å². The van der Waals surface area contributed by atoms with Gasteiger partial charge < -0.3 is 0 Å². The second kappa shape index (κ2) is 4.09. The van der Waals surface area contributed by atoms with Gasteiger partial charge in [0.05, 0.1) is 5.69 Å². The van der Waals surface area contributed by atoms with Crippen molar-refractivity contribution in [2.24, 2.45) is 0 Å². The lowest BCUT2D eigenvalue weighted by Crippen LogP contribution is -1.96. The molecule has 1 heterocycles. The molecule has 0 bridgehead atoms. The quantitative estimate of drug-likeness (QED) is 0.744. The maximum absolute atomic E-state index is 4.13. The standard InChI is InChI=1S/C12H13N3/c1-10(2)7-11-5-3-4-6-12(11)15-9-13-8-14-15/h3-9H,1-2H3. The van der Waals surface area contributed by atoms with Crippen LogP contribution in [-0.4, -0.2) is 14.8 Å². The molecule has 0 N–H and O–H groups in total. The molecule has 0 aliphatic rings. The van der Waals surface area contributed by atoms with E-state index in [4.69, 9.17) is 0 Å². The normalized spacial score (nSPS) is 10.0. The molecule has 76 valence electrons. The molecule has 0 saturated carbocycles. The highest BCUT2D eigenvalue weighted by atomic mass is 15.3. The van der Waals surface area contributed by atoms with E-state index in [2.05, 4.69) is 36.1 Å². The molecule has 1 aromatic carbocycles. The highest BCUT2D eigenvalue weighted by Crippen LogP contribution is 2.15. The third-order valence-electron chi connectivity index (χ3n) is 2.05. The van der Waals surface area contributed by atoms with E-state index in [0.29, 0.717) is 0 Å². The van der Waals surface area contributed by atoms with Gasteiger partial charge in [-0.2, -0.15) is 5.10 Å². The monoisotopic (exact) mass is 199 g/mol. The van der Waals surface area contributed by atoms with Gasteiger partial charge in [0.25, 0.3) is 0 Å². The lowest BCUT2D eigenvalue weighted by Gasteiger charge is -2.05. The number of rotatable bonds is 2. The summed E-state index contributed by atoms with van der Waals surface area (Å²) in [5, 5.41) is 4.13. The molecule has 3 nitrogen and oxygen atoms in total. The summed E-state index contributed by atoms with van der Waals surface area (Å²) in [7, 11) is 0. The summed E-state index contributed by atoms with van der Waals surface area (Å²) in [6.45, 7) is 4.16. The molecule has 2 rings (SSSR count). The van der Waals surface area contributed by atoms with Gasteiger partial charge >= 0.3 is 0 Å². The Labute approximate surface area is 89.1 Å². The fraction of sp³-hybridized carbons (Fsp3) is 0.167. The molecule has 0 fully saturated rings. The van der Waals surface area contributed by atoms with Gasteiger partial charge in [-0.05, 0) is 19.9 Å². The van der Waals surface area contributed by atoms with E-state index in [0.717, 1.165) is 11.3 Å². The first-order chi connectivity index (χ1) is 7.27. The van der Waals surface area contributed by atoms with Crippen LogP contribution in [0.3, 0.4) is 0 Å². The molecule has 0 saturated heterocycles. The summed E-state index contributed by atoms with van der Waals surface area (Å²) < 4.78 is 1.77. The van der Waals surface area contributed by atoms with Crippen LogP contribution in [0.15, 0.2) is 42.5 Å². The minimum atomic E-state index is 1.05. The summed E-state index contributed by atoms with van der Waals surface area (Å²) in [4.78, 5) is 3.95. The third-order valence-corrected chi connectivity index (χ3v) is 2.05. The molecular weight excluding hydrogens is 186 g/mol. The van der Waals surface area contributed by atoms with Crippen molar-refractivity contribution in [2.45, 2.75) is 13.8 Å². The number of aromatic nitrogens is 3. The van der Waals surface area contributed by atoms with Crippen LogP contribution >= 0.6 is 0 Å². The predicted octanol–water partition coefficient (Wildman–Crippen LogP) is 2.69. The van der Waals surface area contributed by atoms with Crippen LogP contribution in [0.5, 0.6) is 0 Å². The van der Waals surface area contributed by atoms with E-state index < -0.39 is 0 Å². The summed E-state index contributed by atoms with van der Waals surface area (Å²) in [6, 6.07) is 8.13. The smallest absolute Gasteiger partial charge is 0.138 e. The molecule has 0 radical (unpaired) electrons. The number of benzene rings is 1. The first kappa shape index (κ1) is 9.65. The van der Waals surface area contributed by atoms with Crippen LogP contribution in [0, 0.1) is 0 Å². The zero-order valence-electron chi connectivity index (χ0n) is 8.88. The van der Waals surface area contributed by atoms with Gasteiger partial charge in [-0.1, -0.05) is 29.8 Å². The maximum Gasteiger partial charge on any atom is 0.138 e. The molecule has 0 atom stereocenters. The van der Waals surface area contributed by atoms with Crippen molar-refractivity contribution in [1.82, 2.24) is 14.8 Å². The Kier molecular flexibility index (Phi) is 2.63. The van der Waals surface area contributed by atoms with Crippen LogP contribution in [0.1, 0.15) is 19.4 Å². The lowest BCUT2D eigenvalue weighted by molar-refractivity contribution is 0.877. The Morgan fingerprint density at radius 2 is 2.07 bits per heavy atom. The van der Waals surface area contributed by atoms with Gasteiger partial charge in [0.15, 0.2) is 0 Å². The number of nitrogens with zero attached hydrogens (tertiary/aromatic N) is 3. The summed E-state index contributed by atoms with van der Waals surface area (Å²) >= 11 is 0. The first-order valence-corrected chi connectivity index (χ1v) is 4.86. The molecule has 1 aromatic heterocycles. The van der Waals surface area contributed by atoms with Crippen LogP contribution in [0.25, 0.3) is 11.8 Å². The molecule has 15 heavy (non-hydrogen) atoms. The highest BCUT2D eigenvalue weighted by molar-refractivity contribution is 5.61. The van der Waals surface area contributed by atoms with E-state index >= 15 is 0 Å². The fourth-order valence-electron chi connectivity index (χ4n) is 1.46. The summed E-state index contributed by atoms with van der Waals surface area (Å²) in [5.41, 5.74) is 3.47. The molecule has 2 aromatic rings. The van der Waals surface area contributed by atoms with Crippen LogP contribution in [-0.2, 0) is 0 Å². The van der Waals surface area contributed by atoms with Gasteiger partial charge in [-0.25, -0.2) is 9.67 Å². The predicted molar refractivity (Wildman–Crippen MR) is 60.7 cm³/mol. The number of hydrogen-bond acceptors (Lipinski definition) is 2. The first-order valence-electron chi connectivity index (χ1n) is 4.86. The van der Waals surface area contributed by atoms with Gasteiger partial charge in [0.2, 0.25) is 0 Å². The SMILES string of the molecule is CC(C)=Cc1ccccc1-n1cncn1. The Morgan fingerprint density at radius 1 is 1.27 bits per heavy atom. The molecular formula is C12H13N3. The van der Waals surface area contributed by atoms with E-state index in [9.17, 15) is 0 Å². The molecule has 0 aliphatic carbocycles. The molecule has 0 spiro atoms. The van der Waals surface area contributed by atoms with Crippen LogP contribution in [0.2, 0.25) is 0 Å². The topological polar surface area (TPSA) is 30.7 Å². The van der Waals surface area contributed by atoms with Gasteiger partial charge in [0.1, 0.15) is 12.7 Å². The van der Waals surface area contributed by atoms with Crippen molar-refractivity contribution in [3.05, 3.63) is 48.1 Å². The minimum Gasteiger partial charge on any atom is -0.223 e. The largest absolute Gasteiger partial charge is 0.223 e. The minimum absolute atomic E-state index is 1.05. The molecule has 0 unspecified atom stereocenters. The van der Waals surface area contributed by atoms with Crippen molar-refractivity contribution in [2.75, 3.05) is 0 Å². The van der Waals surface area contributed by atoms with E-state index in [1.54, 1.807) is 17.3 Å². The summed E-state index contributed by atoms with van der Waals surface area (Å²) in [6.07, 6.45) is 5.38. The zero-order valence-corrected chi connectivity index (χ0v) is 8.88. The summed E-state index contributed by atoms with van der Waals surface area (Å²) in [5.74, 6) is 0. The fourth-order valence-corrected chi connectivity index (χ4v) is 1.46. The average molecular weight is 199 g/mol. The molecule has 0 amide bonds. The Bertz CT molecular complexity index is 465. The number of allylic oxidation sites excluding steroid dienone is 1.